The summed E-state index contributed by atoms with van der Waals surface area (Å²) in [6.07, 6.45) is 3.78. The van der Waals surface area contributed by atoms with Crippen LogP contribution in [0.2, 0.25) is 0 Å². The molecular formula is C11H21N3O. The van der Waals surface area contributed by atoms with Gasteiger partial charge in [0, 0.05) is 25.8 Å². The van der Waals surface area contributed by atoms with Gasteiger partial charge in [-0.15, -0.1) is 0 Å². The lowest BCUT2D eigenvalue weighted by molar-refractivity contribution is 0.214. The van der Waals surface area contributed by atoms with E-state index in [4.69, 9.17) is 5.11 Å². The molecule has 0 radical (unpaired) electrons. The van der Waals surface area contributed by atoms with E-state index >= 15 is 0 Å². The first-order valence-corrected chi connectivity index (χ1v) is 5.42. The number of aliphatic hydroxyl groups is 1. The van der Waals surface area contributed by atoms with Crippen LogP contribution in [0.25, 0.3) is 0 Å². The van der Waals surface area contributed by atoms with Gasteiger partial charge in [0.15, 0.2) is 0 Å². The van der Waals surface area contributed by atoms with Gasteiger partial charge >= 0.3 is 0 Å². The van der Waals surface area contributed by atoms with Gasteiger partial charge in [-0.25, -0.2) is 4.98 Å². The van der Waals surface area contributed by atoms with E-state index in [1.54, 1.807) is 0 Å². The molecule has 0 saturated heterocycles. The average molecular weight is 211 g/mol. The minimum atomic E-state index is 0.203. The molecule has 0 fully saturated rings. The lowest BCUT2D eigenvalue weighted by Crippen LogP contribution is -2.23. The topological polar surface area (TPSA) is 41.3 Å². The molecule has 0 aliphatic carbocycles. The van der Waals surface area contributed by atoms with E-state index < -0.39 is 0 Å². The maximum absolute atomic E-state index is 8.82. The number of likely N-dealkylation sites (N-methyl/N-ethyl adjacent to an activating group) is 1. The molecule has 4 heteroatoms. The van der Waals surface area contributed by atoms with Crippen LogP contribution in [0.3, 0.4) is 0 Å². The molecule has 0 bridgehead atoms. The normalized spacial score (nSPS) is 11.6. The maximum atomic E-state index is 8.82. The Bertz CT molecular complexity index is 283. The number of hydrogen-bond acceptors (Lipinski definition) is 3. The fourth-order valence-electron chi connectivity index (χ4n) is 1.56. The Morgan fingerprint density at radius 2 is 2.27 bits per heavy atom. The van der Waals surface area contributed by atoms with Gasteiger partial charge in [-0.3, -0.25) is 4.90 Å². The second-order valence-electron chi connectivity index (χ2n) is 4.39. The molecule has 0 amide bonds. The maximum Gasteiger partial charge on any atom is 0.0948 e. The predicted molar refractivity (Wildman–Crippen MR) is 60.5 cm³/mol. The predicted octanol–water partition coefficient (Wildman–Crippen LogP) is 0.963. The first kappa shape index (κ1) is 12.2. The number of nitrogens with zero attached hydrogens (tertiary/aromatic N) is 3. The summed E-state index contributed by atoms with van der Waals surface area (Å²) in [5.74, 6) is 0.626. The summed E-state index contributed by atoms with van der Waals surface area (Å²) >= 11 is 0. The van der Waals surface area contributed by atoms with E-state index in [0.717, 1.165) is 13.1 Å². The summed E-state index contributed by atoms with van der Waals surface area (Å²) in [4.78, 5) is 6.25. The van der Waals surface area contributed by atoms with E-state index in [2.05, 4.69) is 28.3 Å². The zero-order chi connectivity index (χ0) is 11.3. The van der Waals surface area contributed by atoms with Gasteiger partial charge in [0.1, 0.15) is 0 Å². The van der Waals surface area contributed by atoms with Crippen molar-refractivity contribution in [1.82, 2.24) is 14.5 Å². The van der Waals surface area contributed by atoms with Gasteiger partial charge < -0.3 is 9.67 Å². The van der Waals surface area contributed by atoms with Crippen LogP contribution in [-0.4, -0.2) is 39.8 Å². The molecule has 0 aliphatic heterocycles. The number of hydrogen-bond donors (Lipinski definition) is 1. The van der Waals surface area contributed by atoms with Crippen LogP contribution < -0.4 is 0 Å². The number of aromatic nitrogens is 2. The first-order chi connectivity index (χ1) is 7.13. The van der Waals surface area contributed by atoms with Crippen molar-refractivity contribution in [2.75, 3.05) is 20.2 Å². The minimum absolute atomic E-state index is 0.203. The number of rotatable bonds is 6. The van der Waals surface area contributed by atoms with Crippen molar-refractivity contribution in [3.05, 3.63) is 18.2 Å². The van der Waals surface area contributed by atoms with Crippen LogP contribution in [-0.2, 0) is 13.1 Å². The molecule has 0 aliphatic rings. The summed E-state index contributed by atoms with van der Waals surface area (Å²) in [6, 6.07) is 0. The van der Waals surface area contributed by atoms with Gasteiger partial charge in [0.25, 0.3) is 0 Å². The lowest BCUT2D eigenvalue weighted by Gasteiger charge is -2.17. The van der Waals surface area contributed by atoms with E-state index in [1.807, 2.05) is 19.6 Å². The third-order valence-electron chi connectivity index (χ3n) is 2.27. The number of aliphatic hydroxyl groups excluding tert-OH is 1. The first-order valence-electron chi connectivity index (χ1n) is 5.42. The molecule has 0 saturated carbocycles. The van der Waals surface area contributed by atoms with Crippen molar-refractivity contribution in [1.29, 1.82) is 0 Å². The Balaban J connectivity index is 2.56. The molecule has 0 unspecified atom stereocenters. The molecular weight excluding hydrogens is 190 g/mol. The van der Waals surface area contributed by atoms with Crippen molar-refractivity contribution in [3.8, 4) is 0 Å². The molecule has 0 spiro atoms. The van der Waals surface area contributed by atoms with Gasteiger partial charge in [-0.2, -0.15) is 0 Å². The van der Waals surface area contributed by atoms with Crippen molar-refractivity contribution >= 4 is 0 Å². The average Bonchev–Trinajstić information content (AvgIpc) is 2.52. The van der Waals surface area contributed by atoms with Gasteiger partial charge in [0.05, 0.1) is 18.6 Å². The molecule has 4 nitrogen and oxygen atoms in total. The summed E-state index contributed by atoms with van der Waals surface area (Å²) in [7, 11) is 2.00. The molecule has 1 aromatic heterocycles. The van der Waals surface area contributed by atoms with Gasteiger partial charge in [-0.05, 0) is 13.0 Å². The van der Waals surface area contributed by atoms with E-state index in [-0.39, 0.29) is 6.61 Å². The van der Waals surface area contributed by atoms with Crippen LogP contribution in [0, 0.1) is 5.92 Å². The van der Waals surface area contributed by atoms with E-state index in [0.29, 0.717) is 12.5 Å². The van der Waals surface area contributed by atoms with Crippen LogP contribution in [0.4, 0.5) is 0 Å². The molecule has 1 aromatic rings. The lowest BCUT2D eigenvalue weighted by atomic mass is 10.2. The Morgan fingerprint density at radius 1 is 1.53 bits per heavy atom. The monoisotopic (exact) mass is 211 g/mol. The Kier molecular flexibility index (Phi) is 4.78. The highest BCUT2D eigenvalue weighted by atomic mass is 16.3. The van der Waals surface area contributed by atoms with Gasteiger partial charge in [-0.1, -0.05) is 13.8 Å². The quantitative estimate of drug-likeness (QED) is 0.762. The SMILES string of the molecule is CC(C)Cn1cncc1CN(C)CCO. The summed E-state index contributed by atoms with van der Waals surface area (Å²) < 4.78 is 2.18. The van der Waals surface area contributed by atoms with Crippen LogP contribution in [0.5, 0.6) is 0 Å². The van der Waals surface area contributed by atoms with Crippen molar-refractivity contribution in [2.24, 2.45) is 5.92 Å². The molecule has 15 heavy (non-hydrogen) atoms. The van der Waals surface area contributed by atoms with Gasteiger partial charge in [0.2, 0.25) is 0 Å². The van der Waals surface area contributed by atoms with Crippen LogP contribution >= 0.6 is 0 Å². The fraction of sp³-hybridized carbons (Fsp3) is 0.727. The summed E-state index contributed by atoms with van der Waals surface area (Å²) in [5.41, 5.74) is 1.21. The largest absolute Gasteiger partial charge is 0.395 e. The molecule has 1 heterocycles. The highest BCUT2D eigenvalue weighted by Crippen LogP contribution is 2.06. The third kappa shape index (κ3) is 4.01. The highest BCUT2D eigenvalue weighted by Gasteiger charge is 2.06. The summed E-state index contributed by atoms with van der Waals surface area (Å²) in [5, 5.41) is 8.82. The van der Waals surface area contributed by atoms with E-state index in [9.17, 15) is 0 Å². The Labute approximate surface area is 91.5 Å². The fourth-order valence-corrected chi connectivity index (χ4v) is 1.56. The zero-order valence-corrected chi connectivity index (χ0v) is 9.85. The van der Waals surface area contributed by atoms with Crippen molar-refractivity contribution in [2.45, 2.75) is 26.9 Å². The smallest absolute Gasteiger partial charge is 0.0948 e. The Morgan fingerprint density at radius 3 is 2.87 bits per heavy atom. The second kappa shape index (κ2) is 5.88. The third-order valence-corrected chi connectivity index (χ3v) is 2.27. The van der Waals surface area contributed by atoms with Crippen molar-refractivity contribution in [3.63, 3.8) is 0 Å². The van der Waals surface area contributed by atoms with Crippen molar-refractivity contribution < 1.29 is 5.11 Å². The summed E-state index contributed by atoms with van der Waals surface area (Å²) in [6.45, 7) is 7.14. The van der Waals surface area contributed by atoms with Crippen LogP contribution in [0.15, 0.2) is 12.5 Å². The number of imidazole rings is 1. The molecule has 86 valence electrons. The van der Waals surface area contributed by atoms with E-state index in [1.165, 1.54) is 5.69 Å². The molecule has 0 aromatic carbocycles. The molecule has 0 atom stereocenters. The molecule has 1 rings (SSSR count). The zero-order valence-electron chi connectivity index (χ0n) is 9.85. The standard InChI is InChI=1S/C11H21N3O/c1-10(2)7-14-9-12-6-11(14)8-13(3)4-5-15/h6,9-10,15H,4-5,7-8H2,1-3H3. The minimum Gasteiger partial charge on any atom is -0.395 e. The molecule has 1 N–H and O–H groups in total. The highest BCUT2D eigenvalue weighted by molar-refractivity contribution is 4.98. The second-order valence-corrected chi connectivity index (χ2v) is 4.39. The Hall–Kier alpha value is -0.870. The van der Waals surface area contributed by atoms with Crippen LogP contribution in [0.1, 0.15) is 19.5 Å².